The molecule has 1 N–H and O–H groups in total. The molecule has 12 heteroatoms. The van der Waals surface area contributed by atoms with E-state index in [9.17, 15) is 31.5 Å². The summed E-state index contributed by atoms with van der Waals surface area (Å²) in [4.78, 5) is 30.9. The Bertz CT molecular complexity index is 1350. The predicted molar refractivity (Wildman–Crippen MR) is 114 cm³/mol. The molecule has 7 nitrogen and oxygen atoms in total. The molecular weight excluding hydrogens is 479 g/mol. The van der Waals surface area contributed by atoms with Gasteiger partial charge in [0, 0.05) is 17.3 Å². The Kier molecular flexibility index (Phi) is 7.13. The predicted octanol–water partition coefficient (Wildman–Crippen LogP) is 5.33. The molecule has 0 saturated heterocycles. The van der Waals surface area contributed by atoms with Crippen LogP contribution in [0.1, 0.15) is 34.2 Å². The number of alkyl halides is 3. The number of aromatic nitrogens is 2. The molecule has 0 fully saturated rings. The monoisotopic (exact) mass is 498 g/mol. The Balaban J connectivity index is 2.27. The Labute approximate surface area is 195 Å². The average Bonchev–Trinajstić information content (AvgIpc) is 2.75. The fraction of sp³-hybridized carbons (Fsp3) is 0.261. The van der Waals surface area contributed by atoms with Crippen LogP contribution >= 0.6 is 0 Å². The van der Waals surface area contributed by atoms with Crippen LogP contribution in [-0.2, 0) is 10.9 Å². The minimum atomic E-state index is -4.85. The molecule has 186 valence electrons. The van der Waals surface area contributed by atoms with Crippen molar-refractivity contribution in [3.05, 3.63) is 68.8 Å². The second-order valence-electron chi connectivity index (χ2n) is 7.23. The van der Waals surface area contributed by atoms with Gasteiger partial charge in [-0.1, -0.05) is 0 Å². The third kappa shape index (κ3) is 4.96. The molecule has 3 rings (SSSR count). The number of carbonyl (C=O) groups excluding carboxylic acids is 1. The summed E-state index contributed by atoms with van der Waals surface area (Å²) in [5.41, 5.74) is -3.15. The van der Waals surface area contributed by atoms with E-state index in [2.05, 4.69) is 9.97 Å². The Morgan fingerprint density at radius 3 is 2.40 bits per heavy atom. The maximum Gasteiger partial charge on any atom is 0.433 e. The number of aromatic amines is 1. The fourth-order valence-electron chi connectivity index (χ4n) is 3.47. The molecule has 2 heterocycles. The Hall–Kier alpha value is -3.96. The van der Waals surface area contributed by atoms with Gasteiger partial charge in [-0.25, -0.2) is 14.2 Å². The normalized spacial score (nSPS) is 11.3. The van der Waals surface area contributed by atoms with Gasteiger partial charge in [-0.15, -0.1) is 0 Å². The van der Waals surface area contributed by atoms with Gasteiger partial charge in [0.25, 0.3) is 0 Å². The second-order valence-corrected chi connectivity index (χ2v) is 7.23. The van der Waals surface area contributed by atoms with Crippen LogP contribution in [0.2, 0.25) is 0 Å². The van der Waals surface area contributed by atoms with Crippen LogP contribution in [0.3, 0.4) is 0 Å². The van der Waals surface area contributed by atoms with Crippen LogP contribution in [0, 0.1) is 25.5 Å². The van der Waals surface area contributed by atoms with Gasteiger partial charge >= 0.3 is 12.1 Å². The number of halogens is 5. The first-order chi connectivity index (χ1) is 16.4. The molecule has 0 unspecified atom stereocenters. The number of H-pyrrole nitrogens is 1. The number of benzene rings is 1. The van der Waals surface area contributed by atoms with Crippen LogP contribution in [0.15, 0.2) is 29.2 Å². The highest BCUT2D eigenvalue weighted by molar-refractivity contribution is 5.91. The largest absolute Gasteiger partial charge is 0.490 e. The zero-order valence-corrected chi connectivity index (χ0v) is 18.9. The van der Waals surface area contributed by atoms with E-state index in [0.717, 1.165) is 38.4 Å². The number of nitrogens with zero attached hydrogens (tertiary/aromatic N) is 1. The van der Waals surface area contributed by atoms with E-state index in [0.29, 0.717) is 0 Å². The van der Waals surface area contributed by atoms with Gasteiger partial charge < -0.3 is 19.2 Å². The number of hydrogen-bond acceptors (Lipinski definition) is 6. The maximum atomic E-state index is 14.1. The summed E-state index contributed by atoms with van der Waals surface area (Å²) < 4.78 is 83.8. The number of rotatable bonds is 6. The lowest BCUT2D eigenvalue weighted by Gasteiger charge is -2.19. The highest BCUT2D eigenvalue weighted by Crippen LogP contribution is 2.42. The van der Waals surface area contributed by atoms with Crippen molar-refractivity contribution in [2.75, 3.05) is 13.7 Å². The SMILES string of the molecule is CCOC(=O)c1c(C)[nH]c(-c2c(Oc3ccc(F)c(F)c3OC)cnc(C(F)(F)F)c2C)cc1=O. The number of esters is 1. The molecule has 1 aromatic carbocycles. The molecule has 3 aromatic rings. The molecule has 2 aromatic heterocycles. The van der Waals surface area contributed by atoms with E-state index >= 15 is 0 Å². The molecule has 0 bridgehead atoms. The molecular formula is C23H19F5N2O5. The number of ether oxygens (including phenoxy) is 3. The van der Waals surface area contributed by atoms with E-state index in [4.69, 9.17) is 14.2 Å². The van der Waals surface area contributed by atoms with E-state index in [1.54, 1.807) is 6.92 Å². The summed E-state index contributed by atoms with van der Waals surface area (Å²) >= 11 is 0. The Morgan fingerprint density at radius 2 is 1.83 bits per heavy atom. The van der Waals surface area contributed by atoms with Gasteiger partial charge in [0.1, 0.15) is 11.3 Å². The molecule has 0 amide bonds. The quantitative estimate of drug-likeness (QED) is 0.365. The van der Waals surface area contributed by atoms with E-state index in [1.165, 1.54) is 6.92 Å². The number of carbonyl (C=O) groups is 1. The lowest BCUT2D eigenvalue weighted by atomic mass is 10.0. The smallest absolute Gasteiger partial charge is 0.433 e. The number of pyridine rings is 2. The van der Waals surface area contributed by atoms with Crippen LogP contribution in [0.4, 0.5) is 22.0 Å². The zero-order valence-electron chi connectivity index (χ0n) is 18.9. The highest BCUT2D eigenvalue weighted by Gasteiger charge is 2.36. The van der Waals surface area contributed by atoms with Crippen molar-refractivity contribution >= 4 is 5.97 Å². The van der Waals surface area contributed by atoms with Crippen molar-refractivity contribution in [2.24, 2.45) is 0 Å². The molecule has 0 saturated carbocycles. The van der Waals surface area contributed by atoms with Crippen molar-refractivity contribution in [3.8, 4) is 28.5 Å². The van der Waals surface area contributed by atoms with Crippen LogP contribution in [0.5, 0.6) is 17.2 Å². The topological polar surface area (TPSA) is 90.5 Å². The minimum Gasteiger partial charge on any atom is -0.490 e. The molecule has 0 spiro atoms. The van der Waals surface area contributed by atoms with Gasteiger partial charge in [-0.05, 0) is 38.5 Å². The lowest BCUT2D eigenvalue weighted by molar-refractivity contribution is -0.141. The first kappa shape index (κ1) is 25.7. The maximum absolute atomic E-state index is 14.1. The molecule has 0 aliphatic heterocycles. The summed E-state index contributed by atoms with van der Waals surface area (Å²) in [6.45, 7) is 4.03. The second kappa shape index (κ2) is 9.72. The zero-order chi connectivity index (χ0) is 26.1. The van der Waals surface area contributed by atoms with Gasteiger partial charge in [-0.2, -0.15) is 17.6 Å². The standard InChI is InChI=1S/C23H19F5N2O5/c1-5-34-22(32)18-11(3)30-13(8-14(18)31)17-10(2)21(23(26,27)28)29-9-16(17)35-15-7-6-12(24)19(25)20(15)33-4/h6-9H,5H2,1-4H3,(H,30,31). The van der Waals surface area contributed by atoms with E-state index < -0.39 is 46.2 Å². The van der Waals surface area contributed by atoms with Crippen LogP contribution in [-0.4, -0.2) is 29.7 Å². The fourth-order valence-corrected chi connectivity index (χ4v) is 3.47. The molecule has 0 aliphatic carbocycles. The van der Waals surface area contributed by atoms with Crippen LogP contribution < -0.4 is 14.9 Å². The highest BCUT2D eigenvalue weighted by atomic mass is 19.4. The summed E-state index contributed by atoms with van der Waals surface area (Å²) in [6, 6.07) is 2.68. The molecule has 0 aliphatic rings. The number of nitrogens with one attached hydrogen (secondary N) is 1. The third-order valence-electron chi connectivity index (χ3n) is 4.96. The molecule has 0 radical (unpaired) electrons. The van der Waals surface area contributed by atoms with Crippen molar-refractivity contribution in [1.29, 1.82) is 0 Å². The number of hydrogen-bond donors (Lipinski definition) is 1. The van der Waals surface area contributed by atoms with Crippen molar-refractivity contribution in [1.82, 2.24) is 9.97 Å². The van der Waals surface area contributed by atoms with Crippen molar-refractivity contribution in [3.63, 3.8) is 0 Å². The molecule has 0 atom stereocenters. The average molecular weight is 498 g/mol. The summed E-state index contributed by atoms with van der Waals surface area (Å²) in [7, 11) is 1.05. The lowest BCUT2D eigenvalue weighted by Crippen LogP contribution is -2.20. The third-order valence-corrected chi connectivity index (χ3v) is 4.96. The van der Waals surface area contributed by atoms with Crippen molar-refractivity contribution in [2.45, 2.75) is 26.9 Å². The molecule has 35 heavy (non-hydrogen) atoms. The van der Waals surface area contributed by atoms with Gasteiger partial charge in [0.05, 0.1) is 25.6 Å². The summed E-state index contributed by atoms with van der Waals surface area (Å²) in [5.74, 6) is -4.80. The van der Waals surface area contributed by atoms with Gasteiger partial charge in [0.15, 0.2) is 22.7 Å². The van der Waals surface area contributed by atoms with Crippen LogP contribution in [0.25, 0.3) is 11.3 Å². The van der Waals surface area contributed by atoms with Gasteiger partial charge in [0.2, 0.25) is 11.6 Å². The number of methoxy groups -OCH3 is 1. The van der Waals surface area contributed by atoms with E-state index in [1.807, 2.05) is 0 Å². The minimum absolute atomic E-state index is 0.00587. The summed E-state index contributed by atoms with van der Waals surface area (Å²) in [5, 5.41) is 0. The first-order valence-electron chi connectivity index (χ1n) is 10.1. The first-order valence-corrected chi connectivity index (χ1v) is 10.1. The van der Waals surface area contributed by atoms with Crippen molar-refractivity contribution < 1.29 is 41.0 Å². The number of aryl methyl sites for hydroxylation is 1. The van der Waals surface area contributed by atoms with Gasteiger partial charge in [-0.3, -0.25) is 4.79 Å². The van der Waals surface area contributed by atoms with E-state index in [-0.39, 0.29) is 40.6 Å². The Morgan fingerprint density at radius 1 is 1.14 bits per heavy atom. The summed E-state index contributed by atoms with van der Waals surface area (Å²) in [6.07, 6.45) is -4.12.